The number of hydrogen-bond acceptors (Lipinski definition) is 5. The zero-order valence-corrected chi connectivity index (χ0v) is 19.0. The van der Waals surface area contributed by atoms with E-state index in [9.17, 15) is 13.2 Å². The number of nitrogens with one attached hydrogen (secondary N) is 1. The van der Waals surface area contributed by atoms with Crippen molar-refractivity contribution in [3.8, 4) is 5.75 Å². The van der Waals surface area contributed by atoms with Crippen LogP contribution >= 0.6 is 11.6 Å². The largest absolute Gasteiger partial charge is 0.487 e. The van der Waals surface area contributed by atoms with Crippen molar-refractivity contribution < 1.29 is 22.7 Å². The Labute approximate surface area is 188 Å². The molecule has 1 aliphatic heterocycles. The van der Waals surface area contributed by atoms with Gasteiger partial charge in [0.15, 0.2) is 5.75 Å². The van der Waals surface area contributed by atoms with E-state index in [2.05, 4.69) is 5.32 Å². The van der Waals surface area contributed by atoms with Gasteiger partial charge >= 0.3 is 0 Å². The van der Waals surface area contributed by atoms with E-state index < -0.39 is 15.9 Å². The number of amides is 1. The van der Waals surface area contributed by atoms with Crippen LogP contribution in [0.4, 0.5) is 5.69 Å². The standard InChI is InChI=1S/C22H27ClN2O5S/c1-29-15-16-30-21-19(23)7-6-8-20(21)24-22(26)17-9-11-18(12-10-17)31(27,28)25-13-4-2-3-5-14-25/h6-12H,2-5,13-16H2,1H3,(H,24,26). The number of nitrogens with zero attached hydrogens (tertiary/aromatic N) is 1. The highest BCUT2D eigenvalue weighted by Gasteiger charge is 2.25. The van der Waals surface area contributed by atoms with Crippen LogP contribution in [-0.4, -0.2) is 52.0 Å². The maximum atomic E-state index is 12.9. The van der Waals surface area contributed by atoms with Crippen molar-refractivity contribution >= 4 is 33.2 Å². The second kappa shape index (κ2) is 10.9. The van der Waals surface area contributed by atoms with Crippen LogP contribution in [0.15, 0.2) is 47.4 Å². The van der Waals surface area contributed by atoms with Gasteiger partial charge in [-0.05, 0) is 49.2 Å². The highest BCUT2D eigenvalue weighted by molar-refractivity contribution is 7.89. The van der Waals surface area contributed by atoms with Gasteiger partial charge in [-0.2, -0.15) is 4.31 Å². The molecule has 7 nitrogen and oxygen atoms in total. The van der Waals surface area contributed by atoms with Crippen molar-refractivity contribution in [1.82, 2.24) is 4.31 Å². The van der Waals surface area contributed by atoms with Crippen LogP contribution < -0.4 is 10.1 Å². The maximum absolute atomic E-state index is 12.9. The summed E-state index contributed by atoms with van der Waals surface area (Å²) in [5, 5.41) is 3.14. The lowest BCUT2D eigenvalue weighted by molar-refractivity contribution is 0.102. The van der Waals surface area contributed by atoms with E-state index in [-0.39, 0.29) is 11.5 Å². The summed E-state index contributed by atoms with van der Waals surface area (Å²) in [5.41, 5.74) is 0.757. The summed E-state index contributed by atoms with van der Waals surface area (Å²) in [6.07, 6.45) is 3.83. The zero-order chi connectivity index (χ0) is 22.3. The van der Waals surface area contributed by atoms with Gasteiger partial charge < -0.3 is 14.8 Å². The summed E-state index contributed by atoms with van der Waals surface area (Å²) in [6, 6.07) is 11.0. The minimum absolute atomic E-state index is 0.192. The predicted molar refractivity (Wildman–Crippen MR) is 120 cm³/mol. The number of hydrogen-bond donors (Lipinski definition) is 1. The Kier molecular flexibility index (Phi) is 8.31. The monoisotopic (exact) mass is 466 g/mol. The number of benzene rings is 2. The third kappa shape index (κ3) is 5.98. The summed E-state index contributed by atoms with van der Waals surface area (Å²) in [5.74, 6) is -0.0347. The fourth-order valence-electron chi connectivity index (χ4n) is 3.38. The third-order valence-corrected chi connectivity index (χ3v) is 7.28. The Morgan fingerprint density at radius 2 is 1.71 bits per heavy atom. The van der Waals surface area contributed by atoms with E-state index in [1.165, 1.54) is 28.6 Å². The van der Waals surface area contributed by atoms with E-state index in [1.807, 2.05) is 0 Å². The molecular weight excluding hydrogens is 440 g/mol. The Hall–Kier alpha value is -2.13. The molecule has 1 heterocycles. The first kappa shape index (κ1) is 23.5. The topological polar surface area (TPSA) is 84.9 Å². The van der Waals surface area contributed by atoms with Gasteiger partial charge in [-0.1, -0.05) is 30.5 Å². The fraction of sp³-hybridized carbons (Fsp3) is 0.409. The summed E-state index contributed by atoms with van der Waals surface area (Å²) >= 11 is 6.21. The number of carbonyl (C=O) groups is 1. The molecule has 0 bridgehead atoms. The van der Waals surface area contributed by atoms with Crippen molar-refractivity contribution in [3.63, 3.8) is 0 Å². The van der Waals surface area contributed by atoms with Crippen LogP contribution in [0.2, 0.25) is 5.02 Å². The molecule has 168 valence electrons. The van der Waals surface area contributed by atoms with Crippen LogP contribution in [-0.2, 0) is 14.8 Å². The third-order valence-electron chi connectivity index (χ3n) is 5.07. The normalized spacial score (nSPS) is 15.3. The van der Waals surface area contributed by atoms with Crippen LogP contribution in [0.5, 0.6) is 5.75 Å². The van der Waals surface area contributed by atoms with Gasteiger partial charge in [0.05, 0.1) is 22.2 Å². The first-order valence-corrected chi connectivity index (χ1v) is 12.1. The van der Waals surface area contributed by atoms with Crippen molar-refractivity contribution in [1.29, 1.82) is 0 Å². The van der Waals surface area contributed by atoms with Crippen LogP contribution in [0, 0.1) is 0 Å². The molecule has 2 aromatic carbocycles. The first-order valence-electron chi connectivity index (χ1n) is 10.3. The molecule has 2 aromatic rings. The van der Waals surface area contributed by atoms with Gasteiger partial charge in [0, 0.05) is 25.8 Å². The summed E-state index contributed by atoms with van der Waals surface area (Å²) in [6.45, 7) is 1.73. The predicted octanol–water partition coefficient (Wildman–Crippen LogP) is 4.18. The molecule has 0 unspecified atom stereocenters. The number of methoxy groups -OCH3 is 1. The first-order chi connectivity index (χ1) is 14.9. The molecule has 1 fully saturated rings. The number of sulfonamides is 1. The van der Waals surface area contributed by atoms with E-state index >= 15 is 0 Å². The molecule has 1 amide bonds. The average molecular weight is 467 g/mol. The number of ether oxygens (including phenoxy) is 2. The minimum Gasteiger partial charge on any atom is -0.487 e. The van der Waals surface area contributed by atoms with E-state index in [1.54, 1.807) is 25.3 Å². The van der Waals surface area contributed by atoms with Crippen LogP contribution in [0.1, 0.15) is 36.0 Å². The van der Waals surface area contributed by atoms with E-state index in [4.69, 9.17) is 21.1 Å². The number of anilines is 1. The number of para-hydroxylation sites is 1. The maximum Gasteiger partial charge on any atom is 0.255 e. The van der Waals surface area contributed by atoms with Crippen molar-refractivity contribution in [2.24, 2.45) is 0 Å². The number of halogens is 1. The molecule has 0 radical (unpaired) electrons. The molecule has 3 rings (SSSR count). The molecule has 0 aromatic heterocycles. The highest BCUT2D eigenvalue weighted by atomic mass is 35.5. The highest BCUT2D eigenvalue weighted by Crippen LogP contribution is 2.33. The smallest absolute Gasteiger partial charge is 0.255 e. The van der Waals surface area contributed by atoms with Gasteiger partial charge in [-0.25, -0.2) is 8.42 Å². The lowest BCUT2D eigenvalue weighted by atomic mass is 10.2. The second-order valence-corrected chi connectivity index (χ2v) is 9.60. The minimum atomic E-state index is -3.56. The average Bonchev–Trinajstić information content (AvgIpc) is 3.06. The Bertz CT molecular complexity index is 987. The lowest BCUT2D eigenvalue weighted by Crippen LogP contribution is -2.31. The molecule has 0 saturated carbocycles. The Morgan fingerprint density at radius 1 is 1.03 bits per heavy atom. The molecule has 1 N–H and O–H groups in total. The zero-order valence-electron chi connectivity index (χ0n) is 17.5. The molecular formula is C22H27ClN2O5S. The van der Waals surface area contributed by atoms with E-state index in [0.717, 1.165) is 25.7 Å². The Balaban J connectivity index is 1.73. The van der Waals surface area contributed by atoms with Gasteiger partial charge in [-0.3, -0.25) is 4.79 Å². The molecule has 1 aliphatic rings. The van der Waals surface area contributed by atoms with Gasteiger partial charge in [0.2, 0.25) is 10.0 Å². The fourth-order valence-corrected chi connectivity index (χ4v) is 5.13. The summed E-state index contributed by atoms with van der Waals surface area (Å²) < 4.78 is 37.9. The molecule has 31 heavy (non-hydrogen) atoms. The Morgan fingerprint density at radius 3 is 2.35 bits per heavy atom. The summed E-state index contributed by atoms with van der Waals surface area (Å²) in [4.78, 5) is 12.9. The van der Waals surface area contributed by atoms with Crippen molar-refractivity contribution in [2.75, 3.05) is 38.7 Å². The number of rotatable bonds is 8. The summed E-state index contributed by atoms with van der Waals surface area (Å²) in [7, 11) is -1.99. The van der Waals surface area contributed by atoms with Crippen molar-refractivity contribution in [2.45, 2.75) is 30.6 Å². The molecule has 1 saturated heterocycles. The van der Waals surface area contributed by atoms with Gasteiger partial charge in [0.25, 0.3) is 5.91 Å². The second-order valence-electron chi connectivity index (χ2n) is 7.25. The quantitative estimate of drug-likeness (QED) is 0.590. The van der Waals surface area contributed by atoms with Crippen LogP contribution in [0.3, 0.4) is 0 Å². The molecule has 0 spiro atoms. The van der Waals surface area contributed by atoms with Gasteiger partial charge in [0.1, 0.15) is 6.61 Å². The van der Waals surface area contributed by atoms with Crippen LogP contribution in [0.25, 0.3) is 0 Å². The van der Waals surface area contributed by atoms with E-state index in [0.29, 0.717) is 41.7 Å². The molecule has 0 aliphatic carbocycles. The lowest BCUT2D eigenvalue weighted by Gasteiger charge is -2.20. The number of carbonyl (C=O) groups excluding carboxylic acids is 1. The molecule has 0 atom stereocenters. The van der Waals surface area contributed by atoms with Crippen molar-refractivity contribution in [3.05, 3.63) is 53.1 Å². The molecule has 9 heteroatoms. The van der Waals surface area contributed by atoms with Gasteiger partial charge in [-0.15, -0.1) is 0 Å². The SMILES string of the molecule is COCCOc1c(Cl)cccc1NC(=O)c1ccc(S(=O)(=O)N2CCCCCC2)cc1.